The van der Waals surface area contributed by atoms with Gasteiger partial charge in [-0.15, -0.1) is 0 Å². The van der Waals surface area contributed by atoms with Crippen molar-refractivity contribution in [2.45, 2.75) is 20.4 Å². The zero-order chi connectivity index (χ0) is 22.3. The van der Waals surface area contributed by atoms with E-state index >= 15 is 0 Å². The van der Waals surface area contributed by atoms with Gasteiger partial charge in [-0.2, -0.15) is 0 Å². The molecule has 0 aliphatic carbocycles. The highest BCUT2D eigenvalue weighted by molar-refractivity contribution is 5.99. The van der Waals surface area contributed by atoms with Crippen LogP contribution in [0.15, 0.2) is 41.3 Å². The number of rotatable bonds is 6. The van der Waals surface area contributed by atoms with Gasteiger partial charge in [0.15, 0.2) is 0 Å². The van der Waals surface area contributed by atoms with E-state index in [0.29, 0.717) is 28.2 Å². The Morgan fingerprint density at radius 2 is 1.71 bits per heavy atom. The summed E-state index contributed by atoms with van der Waals surface area (Å²) in [6.45, 7) is 7.57. The molecule has 4 rings (SSSR count). The van der Waals surface area contributed by atoms with Crippen molar-refractivity contribution in [1.82, 2.24) is 9.47 Å². The van der Waals surface area contributed by atoms with Crippen LogP contribution in [0.4, 0.5) is 4.39 Å². The smallest absolute Gasteiger partial charge is 0.258 e. The highest BCUT2D eigenvalue weighted by Crippen LogP contribution is 2.42. The van der Waals surface area contributed by atoms with Gasteiger partial charge in [0.2, 0.25) is 0 Å². The first-order chi connectivity index (χ1) is 14.8. The molecule has 6 heteroatoms. The van der Waals surface area contributed by atoms with E-state index < -0.39 is 5.82 Å². The predicted octanol–water partition coefficient (Wildman–Crippen LogP) is 4.45. The molecular formula is C25H29FN2O3. The van der Waals surface area contributed by atoms with Gasteiger partial charge < -0.3 is 14.0 Å². The largest absolute Gasteiger partial charge is 0.496 e. The van der Waals surface area contributed by atoms with E-state index in [1.165, 1.54) is 16.7 Å². The van der Waals surface area contributed by atoms with Crippen LogP contribution in [-0.2, 0) is 13.6 Å². The Kier molecular flexibility index (Phi) is 5.75. The lowest BCUT2D eigenvalue weighted by atomic mass is 9.88. The number of likely N-dealkylation sites (tertiary alicyclic amines) is 1. The summed E-state index contributed by atoms with van der Waals surface area (Å²) in [6, 6.07) is 8.35. The second-order valence-electron chi connectivity index (χ2n) is 8.72. The molecule has 0 bridgehead atoms. The number of aryl methyl sites for hydroxylation is 1. The van der Waals surface area contributed by atoms with Crippen molar-refractivity contribution in [2.75, 3.05) is 27.3 Å². The molecule has 0 amide bonds. The number of ether oxygens (including phenoxy) is 2. The Labute approximate surface area is 182 Å². The molecule has 1 aliphatic heterocycles. The standard InChI is InChI=1S/C25H29FN2O3/c1-15(2)17-12-28(13-17)11-16-8-22(30-4)24(23(9-16)31-5)21-14-27(3)25(29)20-10-18(26)6-7-19(20)21/h6-10,14-15,17H,11-13H2,1-5H3. The van der Waals surface area contributed by atoms with E-state index in [0.717, 1.165) is 42.2 Å². The monoisotopic (exact) mass is 424 g/mol. The summed E-state index contributed by atoms with van der Waals surface area (Å²) in [5, 5.41) is 0.991. The summed E-state index contributed by atoms with van der Waals surface area (Å²) in [7, 11) is 4.92. The van der Waals surface area contributed by atoms with E-state index in [1.807, 2.05) is 12.1 Å². The molecule has 0 radical (unpaired) electrons. The zero-order valence-corrected chi connectivity index (χ0v) is 18.7. The molecular weight excluding hydrogens is 395 g/mol. The van der Waals surface area contributed by atoms with Crippen molar-refractivity contribution in [3.8, 4) is 22.6 Å². The molecule has 0 spiro atoms. The SMILES string of the molecule is COc1cc(CN2CC(C(C)C)C2)cc(OC)c1-c1cn(C)c(=O)c2cc(F)ccc12. The molecule has 1 aromatic heterocycles. The van der Waals surface area contributed by atoms with Crippen molar-refractivity contribution in [3.63, 3.8) is 0 Å². The minimum Gasteiger partial charge on any atom is -0.496 e. The molecule has 0 N–H and O–H groups in total. The Morgan fingerprint density at radius 1 is 1.06 bits per heavy atom. The molecule has 31 heavy (non-hydrogen) atoms. The third kappa shape index (κ3) is 3.92. The van der Waals surface area contributed by atoms with Crippen LogP contribution in [0, 0.1) is 17.7 Å². The van der Waals surface area contributed by atoms with Crippen LogP contribution in [0.1, 0.15) is 19.4 Å². The van der Waals surface area contributed by atoms with Gasteiger partial charge in [0, 0.05) is 38.4 Å². The van der Waals surface area contributed by atoms with Crippen molar-refractivity contribution in [3.05, 3.63) is 58.3 Å². The number of hydrogen-bond donors (Lipinski definition) is 0. The first-order valence-electron chi connectivity index (χ1n) is 10.6. The lowest BCUT2D eigenvalue weighted by molar-refractivity contribution is 0.0613. The Bertz CT molecular complexity index is 1150. The predicted molar refractivity (Wildman–Crippen MR) is 121 cm³/mol. The topological polar surface area (TPSA) is 43.7 Å². The van der Waals surface area contributed by atoms with Crippen molar-refractivity contribution in [2.24, 2.45) is 18.9 Å². The summed E-state index contributed by atoms with van der Waals surface area (Å²) in [5.74, 6) is 2.34. The number of methoxy groups -OCH3 is 2. The van der Waals surface area contributed by atoms with Gasteiger partial charge in [-0.3, -0.25) is 9.69 Å². The molecule has 1 saturated heterocycles. The highest BCUT2D eigenvalue weighted by Gasteiger charge is 2.29. The minimum absolute atomic E-state index is 0.245. The Morgan fingerprint density at radius 3 is 2.29 bits per heavy atom. The number of aromatic nitrogens is 1. The lowest BCUT2D eigenvalue weighted by Crippen LogP contribution is -2.48. The molecule has 164 valence electrons. The molecule has 0 atom stereocenters. The van der Waals surface area contributed by atoms with Crippen molar-refractivity contribution in [1.29, 1.82) is 0 Å². The summed E-state index contributed by atoms with van der Waals surface area (Å²) < 4.78 is 26.8. The van der Waals surface area contributed by atoms with Gasteiger partial charge in [0.1, 0.15) is 17.3 Å². The van der Waals surface area contributed by atoms with Gasteiger partial charge in [0.25, 0.3) is 5.56 Å². The molecule has 2 aromatic carbocycles. The van der Waals surface area contributed by atoms with Crippen LogP contribution in [-0.4, -0.2) is 36.8 Å². The fourth-order valence-electron chi connectivity index (χ4n) is 4.38. The Balaban J connectivity index is 1.81. The second-order valence-corrected chi connectivity index (χ2v) is 8.72. The fourth-order valence-corrected chi connectivity index (χ4v) is 4.38. The molecule has 0 saturated carbocycles. The van der Waals surface area contributed by atoms with Gasteiger partial charge >= 0.3 is 0 Å². The molecule has 1 aliphatic rings. The summed E-state index contributed by atoms with van der Waals surface area (Å²) >= 11 is 0. The third-order valence-electron chi connectivity index (χ3n) is 6.31. The quantitative estimate of drug-likeness (QED) is 0.586. The maximum absolute atomic E-state index is 13.9. The summed E-state index contributed by atoms with van der Waals surface area (Å²) in [5.41, 5.74) is 2.39. The average Bonchev–Trinajstić information content (AvgIpc) is 2.72. The maximum atomic E-state index is 13.9. The van der Waals surface area contributed by atoms with Crippen molar-refractivity contribution < 1.29 is 13.9 Å². The summed E-state index contributed by atoms with van der Waals surface area (Å²) in [4.78, 5) is 15.0. The first-order valence-corrected chi connectivity index (χ1v) is 10.6. The van der Waals surface area contributed by atoms with Crippen LogP contribution in [0.5, 0.6) is 11.5 Å². The molecule has 5 nitrogen and oxygen atoms in total. The van der Waals surface area contributed by atoms with Crippen LogP contribution in [0.3, 0.4) is 0 Å². The second kappa shape index (κ2) is 8.35. The van der Waals surface area contributed by atoms with Gasteiger partial charge in [-0.25, -0.2) is 4.39 Å². The van der Waals surface area contributed by atoms with Crippen LogP contribution >= 0.6 is 0 Å². The molecule has 0 unspecified atom stereocenters. The molecule has 1 fully saturated rings. The first kappa shape index (κ1) is 21.4. The minimum atomic E-state index is -0.440. The van der Waals surface area contributed by atoms with Crippen LogP contribution in [0.2, 0.25) is 0 Å². The van der Waals surface area contributed by atoms with Gasteiger partial charge in [-0.05, 0) is 47.1 Å². The lowest BCUT2D eigenvalue weighted by Gasteiger charge is -2.41. The van der Waals surface area contributed by atoms with E-state index in [2.05, 4.69) is 18.7 Å². The van der Waals surface area contributed by atoms with Crippen LogP contribution < -0.4 is 15.0 Å². The number of fused-ring (bicyclic) bond motifs is 1. The summed E-state index contributed by atoms with van der Waals surface area (Å²) in [6.07, 6.45) is 1.76. The average molecular weight is 425 g/mol. The Hall–Kier alpha value is -2.86. The fraction of sp³-hybridized carbons (Fsp3) is 0.400. The number of halogens is 1. The number of pyridine rings is 1. The third-order valence-corrected chi connectivity index (χ3v) is 6.31. The number of benzene rings is 2. The van der Waals surface area contributed by atoms with E-state index in [-0.39, 0.29) is 5.56 Å². The molecule has 2 heterocycles. The van der Waals surface area contributed by atoms with E-state index in [9.17, 15) is 9.18 Å². The van der Waals surface area contributed by atoms with Gasteiger partial charge in [0.05, 0.1) is 25.2 Å². The number of nitrogens with zero attached hydrogens (tertiary/aromatic N) is 2. The van der Waals surface area contributed by atoms with E-state index in [1.54, 1.807) is 33.5 Å². The van der Waals surface area contributed by atoms with Gasteiger partial charge in [-0.1, -0.05) is 19.9 Å². The maximum Gasteiger partial charge on any atom is 0.258 e. The highest BCUT2D eigenvalue weighted by atomic mass is 19.1. The zero-order valence-electron chi connectivity index (χ0n) is 18.7. The van der Waals surface area contributed by atoms with Crippen molar-refractivity contribution >= 4 is 10.8 Å². The van der Waals surface area contributed by atoms with E-state index in [4.69, 9.17) is 9.47 Å². The normalized spacial score (nSPS) is 14.8. The van der Waals surface area contributed by atoms with Crippen LogP contribution in [0.25, 0.3) is 21.9 Å². The molecule has 3 aromatic rings. The number of hydrogen-bond acceptors (Lipinski definition) is 4.